The zero-order valence-corrected chi connectivity index (χ0v) is 29.5. The van der Waals surface area contributed by atoms with Gasteiger partial charge in [-0.25, -0.2) is 0 Å². The van der Waals surface area contributed by atoms with Gasteiger partial charge in [-0.3, -0.25) is 9.59 Å². The molecule has 2 amide bonds. The van der Waals surface area contributed by atoms with Crippen LogP contribution in [0.3, 0.4) is 0 Å². The molecule has 5 heteroatoms. The van der Waals surface area contributed by atoms with Crippen molar-refractivity contribution in [1.29, 1.82) is 0 Å². The van der Waals surface area contributed by atoms with Gasteiger partial charge in [-0.1, -0.05) is 181 Å². The quantitative estimate of drug-likeness (QED) is 0.0502. The summed E-state index contributed by atoms with van der Waals surface area (Å²) in [6, 6.07) is 0. The fourth-order valence-electron chi connectivity index (χ4n) is 6.34. The second-order valence-corrected chi connectivity index (χ2v) is 13.5. The zero-order chi connectivity index (χ0) is 31.7. The second-order valence-electron chi connectivity index (χ2n) is 13.5. The molecule has 0 aromatic heterocycles. The lowest BCUT2D eigenvalue weighted by atomic mass is 9.98. The van der Waals surface area contributed by atoms with E-state index in [2.05, 4.69) is 31.4 Å². The molecule has 0 bridgehead atoms. The average Bonchev–Trinajstić information content (AvgIpc) is 2.98. The monoisotopic (exact) mass is 608 g/mol. The molecule has 0 radical (unpaired) electrons. The molecule has 0 unspecified atom stereocenters. The molecule has 0 heterocycles. The number of amides is 2. The highest BCUT2D eigenvalue weighted by atomic mass is 16.2. The molecule has 4 N–H and O–H groups in total. The Morgan fingerprint density at radius 2 is 0.698 bits per heavy atom. The topological polar surface area (TPSA) is 84.2 Å². The molecule has 0 aromatic rings. The number of carbonyl (C=O) groups excluding carboxylic acids is 2. The largest absolute Gasteiger partial charge is 0.333 e. The van der Waals surface area contributed by atoms with E-state index in [1.165, 1.54) is 141 Å². The molecule has 0 aliphatic heterocycles. The highest BCUT2D eigenvalue weighted by Crippen LogP contribution is 2.18. The van der Waals surface area contributed by atoms with Crippen molar-refractivity contribution in [3.8, 4) is 0 Å². The number of hydrogen-bond acceptors (Lipinski definition) is 3. The van der Waals surface area contributed by atoms with Crippen molar-refractivity contribution in [3.05, 3.63) is 0 Å². The van der Waals surface area contributed by atoms with Crippen molar-refractivity contribution in [2.24, 2.45) is 5.73 Å². The van der Waals surface area contributed by atoms with Gasteiger partial charge in [0.05, 0.1) is 0 Å². The Labute approximate surface area is 269 Å². The van der Waals surface area contributed by atoms with Crippen LogP contribution in [0.5, 0.6) is 0 Å². The first-order valence-electron chi connectivity index (χ1n) is 19.4. The zero-order valence-electron chi connectivity index (χ0n) is 29.5. The van der Waals surface area contributed by atoms with Crippen LogP contribution in [0, 0.1) is 0 Å². The Bertz CT molecular complexity index is 558. The SMILES string of the molecule is CCCCCCCCCCCCCCCC(=O)NC(CCC)(CCN)NC(=O)CCCCCCCCCCCCCCC. The number of unbranched alkanes of at least 4 members (excludes halogenated alkanes) is 24. The molecular formula is C38H77N3O2. The minimum Gasteiger partial charge on any atom is -0.333 e. The summed E-state index contributed by atoms with van der Waals surface area (Å²) >= 11 is 0. The van der Waals surface area contributed by atoms with Crippen molar-refractivity contribution in [2.45, 2.75) is 225 Å². The molecule has 0 saturated heterocycles. The third kappa shape index (κ3) is 28.1. The van der Waals surface area contributed by atoms with Crippen LogP contribution in [0.15, 0.2) is 0 Å². The minimum atomic E-state index is -0.704. The van der Waals surface area contributed by atoms with Gasteiger partial charge < -0.3 is 16.4 Å². The van der Waals surface area contributed by atoms with Crippen molar-refractivity contribution >= 4 is 11.8 Å². The summed E-state index contributed by atoms with van der Waals surface area (Å²) in [5.41, 5.74) is 5.24. The Kier molecular flexibility index (Phi) is 31.5. The van der Waals surface area contributed by atoms with E-state index in [4.69, 9.17) is 5.73 Å². The highest BCUT2D eigenvalue weighted by molar-refractivity contribution is 5.80. The number of nitrogens with two attached hydrogens (primary N) is 1. The van der Waals surface area contributed by atoms with Crippen LogP contribution < -0.4 is 16.4 Å². The third-order valence-corrected chi connectivity index (χ3v) is 9.02. The Hall–Kier alpha value is -1.10. The summed E-state index contributed by atoms with van der Waals surface area (Å²) in [5.74, 6) is 0.0949. The van der Waals surface area contributed by atoms with Crippen LogP contribution in [0.25, 0.3) is 0 Å². The summed E-state index contributed by atoms with van der Waals surface area (Å²) in [4.78, 5) is 25.7. The van der Waals surface area contributed by atoms with Gasteiger partial charge in [-0.15, -0.1) is 0 Å². The maximum atomic E-state index is 12.9. The Morgan fingerprint density at radius 3 is 0.953 bits per heavy atom. The van der Waals surface area contributed by atoms with E-state index in [1.54, 1.807) is 0 Å². The van der Waals surface area contributed by atoms with E-state index in [-0.39, 0.29) is 11.8 Å². The Balaban J connectivity index is 4.06. The normalized spacial score (nSPS) is 11.6. The molecule has 0 spiro atoms. The summed E-state index contributed by atoms with van der Waals surface area (Å²) < 4.78 is 0. The van der Waals surface area contributed by atoms with Crippen molar-refractivity contribution < 1.29 is 9.59 Å². The van der Waals surface area contributed by atoms with E-state index >= 15 is 0 Å². The van der Waals surface area contributed by atoms with Crippen LogP contribution in [-0.4, -0.2) is 24.0 Å². The molecule has 0 aromatic carbocycles. The average molecular weight is 608 g/mol. The maximum Gasteiger partial charge on any atom is 0.221 e. The molecule has 0 atom stereocenters. The van der Waals surface area contributed by atoms with Gasteiger partial charge in [0.15, 0.2) is 0 Å². The van der Waals surface area contributed by atoms with E-state index in [1.807, 2.05) is 0 Å². The standard InChI is InChI=1S/C38H77N3O2/c1-4-7-9-11-13-15-17-19-21-23-25-27-29-31-36(42)40-38(33-6-3,34-35-39)41-37(43)32-30-28-26-24-22-20-18-16-14-12-10-8-5-2/h4-35,39H2,1-3H3,(H,40,42)(H,41,43). The lowest BCUT2D eigenvalue weighted by Crippen LogP contribution is -2.61. The van der Waals surface area contributed by atoms with Crippen molar-refractivity contribution in [2.75, 3.05) is 6.54 Å². The van der Waals surface area contributed by atoms with Gasteiger partial charge in [0.25, 0.3) is 0 Å². The Morgan fingerprint density at radius 1 is 0.419 bits per heavy atom. The van der Waals surface area contributed by atoms with Crippen LogP contribution >= 0.6 is 0 Å². The summed E-state index contributed by atoms with van der Waals surface area (Å²) in [7, 11) is 0. The third-order valence-electron chi connectivity index (χ3n) is 9.02. The maximum absolute atomic E-state index is 12.9. The van der Waals surface area contributed by atoms with E-state index in [0.29, 0.717) is 25.8 Å². The van der Waals surface area contributed by atoms with Crippen LogP contribution in [0.2, 0.25) is 0 Å². The molecule has 0 saturated carbocycles. The van der Waals surface area contributed by atoms with E-state index in [9.17, 15) is 9.59 Å². The number of nitrogens with one attached hydrogen (secondary N) is 2. The molecule has 0 aliphatic carbocycles. The van der Waals surface area contributed by atoms with Gasteiger partial charge in [0.1, 0.15) is 5.66 Å². The molecule has 0 rings (SSSR count). The number of rotatable bonds is 34. The molecule has 5 nitrogen and oxygen atoms in total. The summed E-state index contributed by atoms with van der Waals surface area (Å²) in [6.07, 6.45) is 37.0. The van der Waals surface area contributed by atoms with Crippen LogP contribution in [0.1, 0.15) is 220 Å². The van der Waals surface area contributed by atoms with E-state index in [0.717, 1.165) is 38.5 Å². The molecule has 256 valence electrons. The van der Waals surface area contributed by atoms with Gasteiger partial charge >= 0.3 is 0 Å². The summed E-state index contributed by atoms with van der Waals surface area (Å²) in [6.45, 7) is 7.09. The second kappa shape index (κ2) is 32.3. The predicted octanol–water partition coefficient (Wildman–Crippen LogP) is 11.0. The fraction of sp³-hybridized carbons (Fsp3) is 0.947. The molecule has 0 aliphatic rings. The lowest BCUT2D eigenvalue weighted by Gasteiger charge is -2.35. The van der Waals surface area contributed by atoms with Gasteiger partial charge in [-0.05, 0) is 25.8 Å². The minimum absolute atomic E-state index is 0.0474. The smallest absolute Gasteiger partial charge is 0.221 e. The van der Waals surface area contributed by atoms with Crippen molar-refractivity contribution in [1.82, 2.24) is 10.6 Å². The van der Waals surface area contributed by atoms with Crippen LogP contribution in [0.4, 0.5) is 0 Å². The molecule has 43 heavy (non-hydrogen) atoms. The summed E-state index contributed by atoms with van der Waals surface area (Å²) in [5, 5.41) is 6.41. The lowest BCUT2D eigenvalue weighted by molar-refractivity contribution is -0.127. The first-order valence-corrected chi connectivity index (χ1v) is 19.4. The van der Waals surface area contributed by atoms with Gasteiger partial charge in [0, 0.05) is 19.3 Å². The fourth-order valence-corrected chi connectivity index (χ4v) is 6.34. The van der Waals surface area contributed by atoms with E-state index < -0.39 is 5.66 Å². The van der Waals surface area contributed by atoms with Gasteiger partial charge in [-0.2, -0.15) is 0 Å². The van der Waals surface area contributed by atoms with Gasteiger partial charge in [0.2, 0.25) is 11.8 Å². The molecular weight excluding hydrogens is 530 g/mol. The predicted molar refractivity (Wildman–Crippen MR) is 188 cm³/mol. The van der Waals surface area contributed by atoms with Crippen LogP contribution in [-0.2, 0) is 9.59 Å². The molecule has 0 fully saturated rings. The number of carbonyl (C=O) groups is 2. The highest BCUT2D eigenvalue weighted by Gasteiger charge is 2.31. The first kappa shape index (κ1) is 41.9. The first-order chi connectivity index (χ1) is 21.0. The van der Waals surface area contributed by atoms with Crippen molar-refractivity contribution in [3.63, 3.8) is 0 Å². The number of hydrogen-bond donors (Lipinski definition) is 3.